The van der Waals surface area contributed by atoms with Gasteiger partial charge in [0.1, 0.15) is 10.6 Å². The molecule has 1 N–H and O–H groups in total. The fraction of sp³-hybridized carbons (Fsp3) is 0.316. The van der Waals surface area contributed by atoms with E-state index in [9.17, 15) is 13.2 Å². The van der Waals surface area contributed by atoms with E-state index in [0.717, 1.165) is 24.2 Å². The first kappa shape index (κ1) is 19.7. The molecule has 1 saturated carbocycles. The number of sulfonamides is 1. The number of esters is 1. The number of hydrogen-bond acceptors (Lipinski definition) is 5. The number of rotatable bonds is 8. The van der Waals surface area contributed by atoms with Gasteiger partial charge in [0, 0.05) is 12.5 Å². The number of carbonyl (C=O) groups excluding carboxylic acids is 1. The van der Waals surface area contributed by atoms with Gasteiger partial charge in [-0.3, -0.25) is 0 Å². The zero-order valence-electron chi connectivity index (χ0n) is 14.8. The second kappa shape index (κ2) is 8.29. The van der Waals surface area contributed by atoms with Crippen molar-refractivity contribution in [3.63, 3.8) is 0 Å². The number of ether oxygens (including phenoxy) is 2. The molecular weight excluding hydrogens is 390 g/mol. The molecule has 144 valence electrons. The molecule has 0 unspecified atom stereocenters. The number of carbonyl (C=O) groups is 1. The average Bonchev–Trinajstić information content (AvgIpc) is 3.45. The Hall–Kier alpha value is -2.09. The zero-order chi connectivity index (χ0) is 19.4. The van der Waals surface area contributed by atoms with Crippen LogP contribution in [-0.4, -0.2) is 34.1 Å². The van der Waals surface area contributed by atoms with Crippen LogP contribution in [-0.2, 0) is 21.2 Å². The largest absolute Gasteiger partial charge is 0.497 e. The van der Waals surface area contributed by atoms with Crippen LogP contribution in [0, 0.1) is 0 Å². The van der Waals surface area contributed by atoms with E-state index in [1.165, 1.54) is 18.2 Å². The van der Waals surface area contributed by atoms with Gasteiger partial charge in [0.2, 0.25) is 10.0 Å². The SMILES string of the molecule is COc1ccc(CCOC(=O)c2ccc(Cl)c(S(=O)(=O)NC3CC3)c2)cc1. The van der Waals surface area contributed by atoms with Gasteiger partial charge in [-0.1, -0.05) is 23.7 Å². The van der Waals surface area contributed by atoms with Gasteiger partial charge in [0.25, 0.3) is 0 Å². The second-order valence-electron chi connectivity index (χ2n) is 6.27. The molecule has 2 aromatic rings. The minimum atomic E-state index is -3.76. The minimum Gasteiger partial charge on any atom is -0.497 e. The van der Waals surface area contributed by atoms with Crippen LogP contribution in [0.4, 0.5) is 0 Å². The van der Waals surface area contributed by atoms with Gasteiger partial charge in [-0.25, -0.2) is 17.9 Å². The Balaban J connectivity index is 1.63. The minimum absolute atomic E-state index is 0.0498. The Bertz CT molecular complexity index is 924. The van der Waals surface area contributed by atoms with Gasteiger partial charge in [0.15, 0.2) is 0 Å². The maximum Gasteiger partial charge on any atom is 0.338 e. The van der Waals surface area contributed by atoms with E-state index in [-0.39, 0.29) is 28.1 Å². The van der Waals surface area contributed by atoms with Crippen molar-refractivity contribution in [2.45, 2.75) is 30.2 Å². The number of hydrogen-bond donors (Lipinski definition) is 1. The van der Waals surface area contributed by atoms with Crippen LogP contribution in [0.2, 0.25) is 5.02 Å². The number of nitrogens with one attached hydrogen (secondary N) is 1. The molecule has 8 heteroatoms. The summed E-state index contributed by atoms with van der Waals surface area (Å²) in [6.07, 6.45) is 2.16. The summed E-state index contributed by atoms with van der Waals surface area (Å²) in [4.78, 5) is 12.1. The molecule has 1 fully saturated rings. The highest BCUT2D eigenvalue weighted by Crippen LogP contribution is 2.27. The van der Waals surface area contributed by atoms with E-state index in [0.29, 0.717) is 6.42 Å². The third-order valence-electron chi connectivity index (χ3n) is 4.14. The van der Waals surface area contributed by atoms with Crippen molar-refractivity contribution in [1.82, 2.24) is 4.72 Å². The average molecular weight is 410 g/mol. The van der Waals surface area contributed by atoms with Crippen molar-refractivity contribution in [2.24, 2.45) is 0 Å². The molecule has 6 nitrogen and oxygen atoms in total. The van der Waals surface area contributed by atoms with Crippen molar-refractivity contribution in [3.05, 3.63) is 58.6 Å². The molecule has 0 amide bonds. The highest BCUT2D eigenvalue weighted by atomic mass is 35.5. The van der Waals surface area contributed by atoms with Crippen LogP contribution < -0.4 is 9.46 Å². The fourth-order valence-corrected chi connectivity index (χ4v) is 4.29. The molecule has 0 spiro atoms. The van der Waals surface area contributed by atoms with Crippen molar-refractivity contribution in [1.29, 1.82) is 0 Å². The first-order valence-corrected chi connectivity index (χ1v) is 10.4. The van der Waals surface area contributed by atoms with E-state index >= 15 is 0 Å². The standard InChI is InChI=1S/C19H20ClNO5S/c1-25-16-7-2-13(3-8-16)10-11-26-19(22)14-4-9-17(20)18(12-14)27(23,24)21-15-5-6-15/h2-4,7-9,12,15,21H,5-6,10-11H2,1H3. The van der Waals surface area contributed by atoms with Gasteiger partial charge >= 0.3 is 5.97 Å². The Kier molecular flexibility index (Phi) is 6.04. The molecule has 1 aliphatic carbocycles. The third-order valence-corrected chi connectivity index (χ3v) is 6.14. The van der Waals surface area contributed by atoms with E-state index in [2.05, 4.69) is 4.72 Å². The predicted octanol–water partition coefficient (Wildman–Crippen LogP) is 3.19. The predicted molar refractivity (Wildman–Crippen MR) is 102 cm³/mol. The Morgan fingerprint density at radius 1 is 1.19 bits per heavy atom. The molecule has 2 aromatic carbocycles. The van der Waals surface area contributed by atoms with Crippen LogP contribution in [0.3, 0.4) is 0 Å². The topological polar surface area (TPSA) is 81.7 Å². The highest BCUT2D eigenvalue weighted by molar-refractivity contribution is 7.89. The van der Waals surface area contributed by atoms with Crippen LogP contribution in [0.1, 0.15) is 28.8 Å². The first-order chi connectivity index (χ1) is 12.9. The van der Waals surface area contributed by atoms with Gasteiger partial charge in [-0.2, -0.15) is 0 Å². The monoisotopic (exact) mass is 409 g/mol. The second-order valence-corrected chi connectivity index (χ2v) is 8.36. The molecule has 0 aromatic heterocycles. The van der Waals surface area contributed by atoms with E-state index in [4.69, 9.17) is 21.1 Å². The normalized spacial score (nSPS) is 14.0. The van der Waals surface area contributed by atoms with Crippen molar-refractivity contribution >= 4 is 27.6 Å². The Morgan fingerprint density at radius 2 is 1.89 bits per heavy atom. The van der Waals surface area contributed by atoms with E-state index < -0.39 is 16.0 Å². The lowest BCUT2D eigenvalue weighted by atomic mass is 10.1. The first-order valence-electron chi connectivity index (χ1n) is 8.51. The lowest BCUT2D eigenvalue weighted by Gasteiger charge is -2.10. The fourth-order valence-electron chi connectivity index (χ4n) is 2.46. The van der Waals surface area contributed by atoms with Gasteiger partial charge in [-0.05, 0) is 48.7 Å². The number of halogens is 1. The summed E-state index contributed by atoms with van der Waals surface area (Å²) in [5.74, 6) is 0.161. The van der Waals surface area contributed by atoms with Crippen LogP contribution in [0.15, 0.2) is 47.4 Å². The summed E-state index contributed by atoms with van der Waals surface area (Å²) in [5, 5.41) is 0.0675. The number of methoxy groups -OCH3 is 1. The van der Waals surface area contributed by atoms with Crippen LogP contribution in [0.25, 0.3) is 0 Å². The molecule has 0 aliphatic heterocycles. The summed E-state index contributed by atoms with van der Waals surface area (Å²) >= 11 is 6.02. The van der Waals surface area contributed by atoms with Crippen LogP contribution in [0.5, 0.6) is 5.75 Å². The quantitative estimate of drug-likeness (QED) is 0.677. The molecule has 0 bridgehead atoms. The van der Waals surface area contributed by atoms with E-state index in [1.807, 2.05) is 24.3 Å². The maximum absolute atomic E-state index is 12.4. The zero-order valence-corrected chi connectivity index (χ0v) is 16.3. The van der Waals surface area contributed by atoms with Crippen LogP contribution >= 0.6 is 11.6 Å². The van der Waals surface area contributed by atoms with Gasteiger partial charge in [0.05, 0.1) is 24.3 Å². The Labute approximate surface area is 163 Å². The molecule has 1 aliphatic rings. The lowest BCUT2D eigenvalue weighted by Crippen LogP contribution is -2.26. The molecule has 0 heterocycles. The van der Waals surface area contributed by atoms with Crippen molar-refractivity contribution in [3.8, 4) is 5.75 Å². The number of benzene rings is 2. The van der Waals surface area contributed by atoms with Gasteiger partial charge in [-0.15, -0.1) is 0 Å². The van der Waals surface area contributed by atoms with Gasteiger partial charge < -0.3 is 9.47 Å². The molecule has 3 rings (SSSR count). The molecule has 0 radical (unpaired) electrons. The maximum atomic E-state index is 12.4. The summed E-state index contributed by atoms with van der Waals surface area (Å²) in [6.45, 7) is 0.177. The third kappa shape index (κ3) is 5.22. The van der Waals surface area contributed by atoms with Crippen molar-refractivity contribution < 1.29 is 22.7 Å². The molecule has 0 saturated heterocycles. The summed E-state index contributed by atoms with van der Waals surface area (Å²) in [7, 11) is -2.16. The Morgan fingerprint density at radius 3 is 2.52 bits per heavy atom. The summed E-state index contributed by atoms with van der Waals surface area (Å²) < 4.78 is 37.7. The molecule has 0 atom stereocenters. The summed E-state index contributed by atoms with van der Waals surface area (Å²) in [5.41, 5.74) is 1.14. The highest BCUT2D eigenvalue weighted by Gasteiger charge is 2.29. The summed E-state index contributed by atoms with van der Waals surface area (Å²) in [6, 6.07) is 11.5. The molecule has 27 heavy (non-hydrogen) atoms. The molecular formula is C19H20ClNO5S. The lowest BCUT2D eigenvalue weighted by molar-refractivity contribution is 0.0509. The van der Waals surface area contributed by atoms with E-state index in [1.54, 1.807) is 7.11 Å². The smallest absolute Gasteiger partial charge is 0.338 e. The van der Waals surface area contributed by atoms with Crippen molar-refractivity contribution in [2.75, 3.05) is 13.7 Å².